The highest BCUT2D eigenvalue weighted by molar-refractivity contribution is 6.35. The Hall–Kier alpha value is -0.930. The molecule has 3 rings (SSSR count). The molecule has 22 heavy (non-hydrogen) atoms. The molecule has 2 N–H and O–H groups in total. The minimum atomic E-state index is 0. The highest BCUT2D eigenvalue weighted by Crippen LogP contribution is 2.40. The van der Waals surface area contributed by atoms with Crippen molar-refractivity contribution in [3.05, 3.63) is 63.1 Å². The lowest BCUT2D eigenvalue weighted by Crippen LogP contribution is -3.00. The monoisotopic (exact) mass is 356 g/mol. The summed E-state index contributed by atoms with van der Waals surface area (Å²) in [5.74, 6) is 0.292. The van der Waals surface area contributed by atoms with Gasteiger partial charge in [0.2, 0.25) is 0 Å². The van der Waals surface area contributed by atoms with Crippen LogP contribution in [0.1, 0.15) is 22.6 Å². The Bertz CT molecular complexity index is 681. The second kappa shape index (κ2) is 6.29. The first-order valence-electron chi connectivity index (χ1n) is 7.01. The van der Waals surface area contributed by atoms with Crippen molar-refractivity contribution in [1.29, 1.82) is 0 Å². The Balaban J connectivity index is 0.00000176. The van der Waals surface area contributed by atoms with Crippen molar-refractivity contribution in [3.63, 3.8) is 0 Å². The van der Waals surface area contributed by atoms with Crippen molar-refractivity contribution in [2.45, 2.75) is 12.5 Å². The maximum atomic E-state index is 6.44. The van der Waals surface area contributed by atoms with Crippen molar-refractivity contribution < 1.29 is 16.9 Å². The summed E-state index contributed by atoms with van der Waals surface area (Å²) in [6, 6.07) is 12.0. The van der Waals surface area contributed by atoms with Crippen molar-refractivity contribution in [1.82, 2.24) is 0 Å². The lowest BCUT2D eigenvalue weighted by molar-refractivity contribution is -0.906. The van der Waals surface area contributed by atoms with E-state index in [0.717, 1.165) is 28.3 Å². The lowest BCUT2D eigenvalue weighted by Gasteiger charge is -2.40. The number of nitrogen functional groups attached to an aromatic ring is 1. The predicted octanol–water partition coefficient (Wildman–Crippen LogP) is 1.30. The third kappa shape index (κ3) is 3.36. The average Bonchev–Trinajstić information content (AvgIpc) is 2.40. The number of benzene rings is 2. The Labute approximate surface area is 147 Å². The molecule has 0 aromatic heterocycles. The van der Waals surface area contributed by atoms with Crippen LogP contribution in [0, 0.1) is 0 Å². The zero-order chi connectivity index (χ0) is 15.2. The van der Waals surface area contributed by atoms with Crippen LogP contribution in [-0.4, -0.2) is 25.1 Å². The lowest BCUT2D eigenvalue weighted by atomic mass is 9.84. The maximum absolute atomic E-state index is 6.44. The molecule has 2 nitrogen and oxygen atoms in total. The summed E-state index contributed by atoms with van der Waals surface area (Å²) in [6.45, 7) is 1.95. The smallest absolute Gasteiger partial charge is 0.106 e. The number of halogens is 3. The molecule has 1 aliphatic rings. The van der Waals surface area contributed by atoms with Gasteiger partial charge in [0.15, 0.2) is 0 Å². The Kier molecular flexibility index (Phi) is 4.98. The highest BCUT2D eigenvalue weighted by atomic mass is 35.5. The van der Waals surface area contributed by atoms with E-state index in [1.807, 2.05) is 18.2 Å². The fourth-order valence-electron chi connectivity index (χ4n) is 3.20. The third-order valence-corrected chi connectivity index (χ3v) is 4.73. The molecule has 0 saturated carbocycles. The summed E-state index contributed by atoms with van der Waals surface area (Å²) in [5, 5.41) is 1.47. The van der Waals surface area contributed by atoms with Gasteiger partial charge in [-0.2, -0.15) is 0 Å². The zero-order valence-corrected chi connectivity index (χ0v) is 14.9. The molecule has 1 unspecified atom stereocenters. The predicted molar refractivity (Wildman–Crippen MR) is 89.8 cm³/mol. The molecule has 0 spiro atoms. The minimum absolute atomic E-state index is 0. The van der Waals surface area contributed by atoms with E-state index in [9.17, 15) is 0 Å². The van der Waals surface area contributed by atoms with E-state index in [0.29, 0.717) is 10.9 Å². The topological polar surface area (TPSA) is 26.0 Å². The molecule has 1 heterocycles. The number of rotatable bonds is 1. The number of nitrogens with zero attached hydrogens (tertiary/aromatic N) is 1. The summed E-state index contributed by atoms with van der Waals surface area (Å²) in [5.41, 5.74) is 10.3. The molecule has 0 saturated heterocycles. The van der Waals surface area contributed by atoms with Gasteiger partial charge in [0.05, 0.1) is 31.6 Å². The number of hydrogen-bond acceptors (Lipinski definition) is 1. The molecule has 0 aliphatic carbocycles. The molecule has 0 radical (unpaired) electrons. The van der Waals surface area contributed by atoms with Gasteiger partial charge >= 0.3 is 0 Å². The number of hydrogen-bond donors (Lipinski definition) is 1. The van der Waals surface area contributed by atoms with Crippen molar-refractivity contribution in [3.8, 4) is 0 Å². The summed E-state index contributed by atoms with van der Waals surface area (Å²) < 4.78 is 0.906. The van der Waals surface area contributed by atoms with E-state index < -0.39 is 0 Å². The Morgan fingerprint density at radius 3 is 2.36 bits per heavy atom. The number of quaternary nitrogens is 1. The van der Waals surface area contributed by atoms with E-state index in [2.05, 4.69) is 32.3 Å². The average molecular weight is 358 g/mol. The van der Waals surface area contributed by atoms with Gasteiger partial charge in [-0.15, -0.1) is 0 Å². The van der Waals surface area contributed by atoms with Crippen LogP contribution in [0.25, 0.3) is 0 Å². The number of anilines is 1. The molecule has 0 fully saturated rings. The highest BCUT2D eigenvalue weighted by Gasteiger charge is 2.34. The number of likely N-dealkylation sites (N-methyl/N-ethyl adjacent to an activating group) is 1. The fourth-order valence-corrected chi connectivity index (χ4v) is 3.77. The standard InChI is InChI=1S/C17H19Cl2N2.ClH/c1-21(2)9-15(11-3-5-13(20)6-4-11)14-7-12(18)8-17(19)16(14)10-21;/h3-8,15H,9-10,20H2,1-2H3;1H/q+1;/p-1. The van der Waals surface area contributed by atoms with Gasteiger partial charge in [0.1, 0.15) is 6.54 Å². The number of nitrogens with two attached hydrogens (primary N) is 1. The van der Waals surface area contributed by atoms with E-state index in [4.69, 9.17) is 28.9 Å². The first-order chi connectivity index (χ1) is 9.85. The Morgan fingerprint density at radius 2 is 1.73 bits per heavy atom. The molecular weight excluding hydrogens is 339 g/mol. The summed E-state index contributed by atoms with van der Waals surface area (Å²) in [7, 11) is 4.47. The van der Waals surface area contributed by atoms with Crippen LogP contribution in [0.4, 0.5) is 5.69 Å². The first-order valence-corrected chi connectivity index (χ1v) is 7.76. The van der Waals surface area contributed by atoms with Gasteiger partial charge in [-0.1, -0.05) is 35.3 Å². The van der Waals surface area contributed by atoms with Crippen LogP contribution in [0.15, 0.2) is 36.4 Å². The molecule has 5 heteroatoms. The second-order valence-electron chi connectivity index (χ2n) is 6.45. The Morgan fingerprint density at radius 1 is 1.09 bits per heavy atom. The first kappa shape index (κ1) is 17.4. The van der Waals surface area contributed by atoms with E-state index in [1.54, 1.807) is 0 Å². The minimum Gasteiger partial charge on any atom is -1.00 e. The van der Waals surface area contributed by atoms with Crippen LogP contribution in [0.5, 0.6) is 0 Å². The van der Waals surface area contributed by atoms with Crippen LogP contribution in [0.2, 0.25) is 10.0 Å². The quantitative estimate of drug-likeness (QED) is 0.604. The zero-order valence-electron chi connectivity index (χ0n) is 12.6. The van der Waals surface area contributed by atoms with Crippen LogP contribution >= 0.6 is 23.2 Å². The second-order valence-corrected chi connectivity index (χ2v) is 7.29. The molecule has 0 bridgehead atoms. The van der Waals surface area contributed by atoms with Crippen molar-refractivity contribution in [2.75, 3.05) is 26.4 Å². The van der Waals surface area contributed by atoms with Gasteiger partial charge in [-0.25, -0.2) is 0 Å². The third-order valence-electron chi connectivity index (χ3n) is 4.17. The normalized spacial score (nSPS) is 19.2. The molecule has 0 amide bonds. The van der Waals surface area contributed by atoms with Gasteiger partial charge in [-0.05, 0) is 35.4 Å². The van der Waals surface area contributed by atoms with Gasteiger partial charge in [-0.3, -0.25) is 0 Å². The molecule has 1 aliphatic heterocycles. The summed E-state index contributed by atoms with van der Waals surface area (Å²) in [6.07, 6.45) is 0. The molecule has 118 valence electrons. The maximum Gasteiger partial charge on any atom is 0.106 e. The van der Waals surface area contributed by atoms with Gasteiger partial charge < -0.3 is 22.6 Å². The number of fused-ring (bicyclic) bond motifs is 1. The molecule has 2 aromatic rings. The van der Waals surface area contributed by atoms with E-state index in [1.165, 1.54) is 16.7 Å². The van der Waals surface area contributed by atoms with Crippen LogP contribution in [-0.2, 0) is 6.54 Å². The molecule has 1 atom stereocenters. The summed E-state index contributed by atoms with van der Waals surface area (Å²) >= 11 is 12.7. The SMILES string of the molecule is C[N+]1(C)Cc2c(Cl)cc(Cl)cc2C(c2ccc(N)cc2)C1.[Cl-]. The largest absolute Gasteiger partial charge is 1.00 e. The fraction of sp³-hybridized carbons (Fsp3) is 0.294. The van der Waals surface area contributed by atoms with Crippen LogP contribution < -0.4 is 18.1 Å². The summed E-state index contributed by atoms with van der Waals surface area (Å²) in [4.78, 5) is 0. The van der Waals surface area contributed by atoms with Crippen molar-refractivity contribution in [2.24, 2.45) is 0 Å². The van der Waals surface area contributed by atoms with E-state index in [-0.39, 0.29) is 12.4 Å². The van der Waals surface area contributed by atoms with Crippen molar-refractivity contribution >= 4 is 28.9 Å². The van der Waals surface area contributed by atoms with Gasteiger partial charge in [0.25, 0.3) is 0 Å². The van der Waals surface area contributed by atoms with Crippen LogP contribution in [0.3, 0.4) is 0 Å². The molecular formula is C17H19Cl3N2. The van der Waals surface area contributed by atoms with Gasteiger partial charge in [0, 0.05) is 16.3 Å². The molecule has 2 aromatic carbocycles. The van der Waals surface area contributed by atoms with E-state index >= 15 is 0 Å².